The Hall–Kier alpha value is -1.31. The summed E-state index contributed by atoms with van der Waals surface area (Å²) < 4.78 is 12.1. The highest BCUT2D eigenvalue weighted by atomic mass is 16.7. The van der Waals surface area contributed by atoms with Crippen LogP contribution < -0.4 is 5.46 Å². The number of nitriles is 1. The Morgan fingerprint density at radius 1 is 1.05 bits per heavy atom. The molecule has 100 valence electrons. The minimum absolute atomic E-state index is 0.359. The van der Waals surface area contributed by atoms with Crippen molar-refractivity contribution in [1.29, 1.82) is 5.26 Å². The first-order chi connectivity index (χ1) is 8.69. The molecule has 1 fully saturated rings. The Labute approximate surface area is 115 Å². The predicted octanol–water partition coefficient (Wildman–Crippen LogP) is 2.47. The number of nitrogens with zero attached hydrogens (tertiary/aromatic N) is 1. The van der Waals surface area contributed by atoms with E-state index in [0.717, 1.165) is 16.6 Å². The van der Waals surface area contributed by atoms with E-state index < -0.39 is 7.12 Å². The fraction of sp³-hybridized carbons (Fsp3) is 0.533. The molecular formula is C15H20BNO2. The lowest BCUT2D eigenvalue weighted by molar-refractivity contribution is 0.00578. The zero-order valence-corrected chi connectivity index (χ0v) is 12.5. The van der Waals surface area contributed by atoms with Gasteiger partial charge >= 0.3 is 7.12 Å². The van der Waals surface area contributed by atoms with E-state index in [9.17, 15) is 5.26 Å². The number of hydrogen-bond acceptors (Lipinski definition) is 3. The molecule has 1 heterocycles. The summed E-state index contributed by atoms with van der Waals surface area (Å²) >= 11 is 0. The largest absolute Gasteiger partial charge is 0.495 e. The molecule has 0 aliphatic carbocycles. The zero-order chi connectivity index (χ0) is 14.4. The molecule has 0 aromatic heterocycles. The lowest BCUT2D eigenvalue weighted by Gasteiger charge is -2.32. The van der Waals surface area contributed by atoms with Crippen molar-refractivity contribution in [3.63, 3.8) is 0 Å². The van der Waals surface area contributed by atoms with E-state index in [1.54, 1.807) is 0 Å². The first-order valence-electron chi connectivity index (χ1n) is 6.55. The lowest BCUT2D eigenvalue weighted by Crippen LogP contribution is -2.41. The van der Waals surface area contributed by atoms with E-state index in [1.807, 2.05) is 53.7 Å². The minimum Gasteiger partial charge on any atom is -0.399 e. The summed E-state index contributed by atoms with van der Waals surface area (Å²) in [7, 11) is -0.405. The maximum Gasteiger partial charge on any atom is 0.495 e. The monoisotopic (exact) mass is 257 g/mol. The lowest BCUT2D eigenvalue weighted by atomic mass is 9.74. The molecule has 3 nitrogen and oxygen atoms in total. The van der Waals surface area contributed by atoms with Crippen LogP contribution in [0.1, 0.15) is 44.4 Å². The van der Waals surface area contributed by atoms with E-state index in [4.69, 9.17) is 9.31 Å². The number of hydrogen-bond donors (Lipinski definition) is 0. The van der Waals surface area contributed by atoms with Crippen molar-refractivity contribution in [3.05, 3.63) is 28.8 Å². The van der Waals surface area contributed by atoms with Crippen LogP contribution in [0.25, 0.3) is 0 Å². The predicted molar refractivity (Wildman–Crippen MR) is 76.3 cm³/mol. The van der Waals surface area contributed by atoms with Crippen molar-refractivity contribution in [2.75, 3.05) is 0 Å². The van der Waals surface area contributed by atoms with Crippen LogP contribution in [0.2, 0.25) is 0 Å². The average molecular weight is 257 g/mol. The third kappa shape index (κ3) is 2.18. The van der Waals surface area contributed by atoms with Crippen molar-refractivity contribution in [3.8, 4) is 6.07 Å². The second-order valence-electron chi connectivity index (χ2n) is 6.17. The third-order valence-corrected chi connectivity index (χ3v) is 4.33. The normalized spacial score (nSPS) is 20.4. The molecule has 1 saturated heterocycles. The fourth-order valence-corrected chi connectivity index (χ4v) is 2.26. The average Bonchev–Trinajstić information content (AvgIpc) is 2.48. The summed E-state index contributed by atoms with van der Waals surface area (Å²) in [5, 5.41) is 9.24. The van der Waals surface area contributed by atoms with Gasteiger partial charge in [-0.05, 0) is 58.1 Å². The maximum absolute atomic E-state index is 9.24. The van der Waals surface area contributed by atoms with Crippen molar-refractivity contribution >= 4 is 12.6 Å². The molecule has 0 radical (unpaired) electrons. The van der Waals surface area contributed by atoms with Crippen LogP contribution in [0.5, 0.6) is 0 Å². The molecule has 4 heteroatoms. The molecule has 0 N–H and O–H groups in total. The minimum atomic E-state index is -0.405. The van der Waals surface area contributed by atoms with Gasteiger partial charge in [0.2, 0.25) is 0 Å². The number of rotatable bonds is 1. The SMILES string of the molecule is Cc1ccc(B2OC(C)(C)C(C)(C)O2)c(C)c1C#N. The summed E-state index contributed by atoms with van der Waals surface area (Å²) in [6.07, 6.45) is 0. The standard InChI is InChI=1S/C15H20BNO2/c1-10-7-8-13(11(2)12(10)9-17)16-18-14(3,4)15(5,6)19-16/h7-8H,1-6H3. The van der Waals surface area contributed by atoms with Gasteiger partial charge in [0.25, 0.3) is 0 Å². The smallest absolute Gasteiger partial charge is 0.399 e. The van der Waals surface area contributed by atoms with Crippen LogP contribution in [-0.4, -0.2) is 18.3 Å². The second kappa shape index (κ2) is 4.36. The van der Waals surface area contributed by atoms with Gasteiger partial charge in [-0.1, -0.05) is 12.1 Å². The molecule has 1 aromatic rings. The van der Waals surface area contributed by atoms with Crippen molar-refractivity contribution in [1.82, 2.24) is 0 Å². The Balaban J connectivity index is 2.44. The van der Waals surface area contributed by atoms with Gasteiger partial charge in [-0.2, -0.15) is 5.26 Å². The summed E-state index contributed by atoms with van der Waals surface area (Å²) in [6.45, 7) is 12.0. The molecule has 1 aromatic carbocycles. The second-order valence-corrected chi connectivity index (χ2v) is 6.17. The molecule has 1 aliphatic rings. The molecule has 0 spiro atoms. The summed E-state index contributed by atoms with van der Waals surface area (Å²) in [5.41, 5.74) is 2.87. The van der Waals surface area contributed by atoms with E-state index in [1.165, 1.54) is 0 Å². The van der Waals surface area contributed by atoms with E-state index in [2.05, 4.69) is 6.07 Å². The molecule has 19 heavy (non-hydrogen) atoms. The van der Waals surface area contributed by atoms with E-state index in [0.29, 0.717) is 5.56 Å². The number of benzene rings is 1. The Kier molecular flexibility index (Phi) is 3.24. The third-order valence-electron chi connectivity index (χ3n) is 4.33. The first-order valence-corrected chi connectivity index (χ1v) is 6.55. The molecular weight excluding hydrogens is 237 g/mol. The Bertz CT molecular complexity index is 542. The topological polar surface area (TPSA) is 42.2 Å². The van der Waals surface area contributed by atoms with Crippen molar-refractivity contribution in [2.24, 2.45) is 0 Å². The van der Waals surface area contributed by atoms with Gasteiger partial charge in [0, 0.05) is 0 Å². The van der Waals surface area contributed by atoms with Crippen molar-refractivity contribution in [2.45, 2.75) is 52.7 Å². The van der Waals surface area contributed by atoms with Gasteiger partial charge in [-0.3, -0.25) is 0 Å². The molecule has 0 bridgehead atoms. The van der Waals surface area contributed by atoms with Gasteiger partial charge in [0.05, 0.1) is 22.8 Å². The summed E-state index contributed by atoms with van der Waals surface area (Å²) in [6, 6.07) is 6.20. The number of aryl methyl sites for hydroxylation is 1. The quantitative estimate of drug-likeness (QED) is 0.726. The van der Waals surface area contributed by atoms with Crippen LogP contribution in [0, 0.1) is 25.2 Å². The molecule has 0 unspecified atom stereocenters. The Morgan fingerprint density at radius 3 is 2.05 bits per heavy atom. The fourth-order valence-electron chi connectivity index (χ4n) is 2.26. The zero-order valence-electron chi connectivity index (χ0n) is 12.5. The molecule has 1 aliphatic heterocycles. The highest BCUT2D eigenvalue weighted by molar-refractivity contribution is 6.62. The highest BCUT2D eigenvalue weighted by Gasteiger charge is 2.52. The molecule has 0 amide bonds. The Morgan fingerprint density at radius 2 is 1.58 bits per heavy atom. The first kappa shape index (κ1) is 14.1. The molecule has 0 saturated carbocycles. The van der Waals surface area contributed by atoms with E-state index >= 15 is 0 Å². The van der Waals surface area contributed by atoms with Gasteiger partial charge in [-0.15, -0.1) is 0 Å². The maximum atomic E-state index is 9.24. The van der Waals surface area contributed by atoms with Crippen LogP contribution in [0.3, 0.4) is 0 Å². The van der Waals surface area contributed by atoms with Crippen LogP contribution in [0.4, 0.5) is 0 Å². The molecule has 0 atom stereocenters. The van der Waals surface area contributed by atoms with Crippen LogP contribution in [-0.2, 0) is 9.31 Å². The molecule has 2 rings (SSSR count). The van der Waals surface area contributed by atoms with Gasteiger partial charge in [-0.25, -0.2) is 0 Å². The van der Waals surface area contributed by atoms with Crippen LogP contribution >= 0.6 is 0 Å². The highest BCUT2D eigenvalue weighted by Crippen LogP contribution is 2.36. The van der Waals surface area contributed by atoms with Crippen LogP contribution in [0.15, 0.2) is 12.1 Å². The van der Waals surface area contributed by atoms with Gasteiger partial charge in [0.1, 0.15) is 0 Å². The van der Waals surface area contributed by atoms with Gasteiger partial charge < -0.3 is 9.31 Å². The summed E-state index contributed by atoms with van der Waals surface area (Å²) in [5.74, 6) is 0. The van der Waals surface area contributed by atoms with Gasteiger partial charge in [0.15, 0.2) is 0 Å². The summed E-state index contributed by atoms with van der Waals surface area (Å²) in [4.78, 5) is 0. The van der Waals surface area contributed by atoms with E-state index in [-0.39, 0.29) is 11.2 Å². The van der Waals surface area contributed by atoms with Crippen molar-refractivity contribution < 1.29 is 9.31 Å².